The molecule has 0 saturated heterocycles. The van der Waals surface area contributed by atoms with Gasteiger partial charge < -0.3 is 5.32 Å². The quantitative estimate of drug-likeness (QED) is 0.696. The molecule has 2 aromatic carbocycles. The number of hydrogen-bond acceptors (Lipinski definition) is 3. The molecule has 0 bridgehead atoms. The lowest BCUT2D eigenvalue weighted by atomic mass is 10.1. The number of carbonyl (C=O) groups excluding carboxylic acids is 1. The highest BCUT2D eigenvalue weighted by Gasteiger charge is 2.44. The molecule has 126 valence electrons. The smallest absolute Gasteiger partial charge is 0.229 e. The highest BCUT2D eigenvalue weighted by atomic mass is 32.1. The van der Waals surface area contributed by atoms with Gasteiger partial charge in [-0.3, -0.25) is 4.79 Å². The fourth-order valence-electron chi connectivity index (χ4n) is 3.13. The van der Waals surface area contributed by atoms with Gasteiger partial charge in [-0.1, -0.05) is 61.5 Å². The summed E-state index contributed by atoms with van der Waals surface area (Å²) in [4.78, 5) is 17.0. The largest absolute Gasteiger partial charge is 0.302 e. The Kier molecular flexibility index (Phi) is 4.36. The predicted molar refractivity (Wildman–Crippen MR) is 103 cm³/mol. The van der Waals surface area contributed by atoms with E-state index >= 15 is 0 Å². The molecule has 1 aliphatic carbocycles. The number of aryl methyl sites for hydroxylation is 1. The van der Waals surface area contributed by atoms with Crippen LogP contribution in [0.25, 0.3) is 11.3 Å². The maximum absolute atomic E-state index is 12.4. The third-order valence-electron chi connectivity index (χ3n) is 4.75. The molecule has 3 aromatic rings. The summed E-state index contributed by atoms with van der Waals surface area (Å²) in [5.74, 6) is 0.497. The second-order valence-electron chi connectivity index (χ2n) is 6.44. The number of nitrogens with zero attached hydrogens (tertiary/aromatic N) is 1. The Hall–Kier alpha value is -2.46. The molecule has 0 radical (unpaired) electrons. The molecule has 1 fully saturated rings. The average Bonchev–Trinajstić information content (AvgIpc) is 3.35. The van der Waals surface area contributed by atoms with E-state index in [4.69, 9.17) is 0 Å². The van der Waals surface area contributed by atoms with Gasteiger partial charge in [-0.25, -0.2) is 4.98 Å². The summed E-state index contributed by atoms with van der Waals surface area (Å²) in [5.41, 5.74) is 4.56. The van der Waals surface area contributed by atoms with Crippen molar-refractivity contribution in [3.63, 3.8) is 0 Å². The van der Waals surface area contributed by atoms with Crippen molar-refractivity contribution in [2.45, 2.75) is 25.7 Å². The summed E-state index contributed by atoms with van der Waals surface area (Å²) in [6.07, 6.45) is 1.95. The first kappa shape index (κ1) is 16.0. The summed E-state index contributed by atoms with van der Waals surface area (Å²) in [7, 11) is 0. The summed E-state index contributed by atoms with van der Waals surface area (Å²) in [6.45, 7) is 2.14. The van der Waals surface area contributed by atoms with Gasteiger partial charge >= 0.3 is 0 Å². The van der Waals surface area contributed by atoms with Crippen molar-refractivity contribution in [3.05, 3.63) is 71.1 Å². The molecule has 1 N–H and O–H groups in total. The van der Waals surface area contributed by atoms with Crippen LogP contribution in [0.4, 0.5) is 5.13 Å². The molecule has 0 aliphatic heterocycles. The molecule has 1 heterocycles. The number of anilines is 1. The first-order valence-corrected chi connectivity index (χ1v) is 9.53. The number of aromatic nitrogens is 1. The Balaban J connectivity index is 1.40. The van der Waals surface area contributed by atoms with Crippen molar-refractivity contribution >= 4 is 22.4 Å². The third-order valence-corrected chi connectivity index (χ3v) is 5.50. The van der Waals surface area contributed by atoms with Gasteiger partial charge in [-0.05, 0) is 29.9 Å². The van der Waals surface area contributed by atoms with E-state index in [1.54, 1.807) is 0 Å². The predicted octanol–water partition coefficient (Wildman–Crippen LogP) is 5.11. The zero-order chi connectivity index (χ0) is 17.2. The number of carbonyl (C=O) groups is 1. The summed E-state index contributed by atoms with van der Waals surface area (Å²) in [5, 5.41) is 5.66. The molecule has 3 nitrogen and oxygen atoms in total. The van der Waals surface area contributed by atoms with Crippen molar-refractivity contribution in [2.75, 3.05) is 5.32 Å². The SMILES string of the molecule is CCc1ccc(-c2csc(NC(=O)C3CC3c3ccccc3)n2)cc1. The van der Waals surface area contributed by atoms with E-state index in [1.165, 1.54) is 22.5 Å². The Bertz CT molecular complexity index is 870. The molecule has 1 saturated carbocycles. The normalized spacial score (nSPS) is 18.8. The minimum atomic E-state index is 0.0681. The van der Waals surface area contributed by atoms with Crippen LogP contribution in [0, 0.1) is 5.92 Å². The Labute approximate surface area is 151 Å². The third kappa shape index (κ3) is 3.49. The van der Waals surface area contributed by atoms with Gasteiger partial charge in [0.05, 0.1) is 5.69 Å². The van der Waals surface area contributed by atoms with Gasteiger partial charge in [0, 0.05) is 16.9 Å². The Morgan fingerprint density at radius 1 is 1.16 bits per heavy atom. The second-order valence-corrected chi connectivity index (χ2v) is 7.30. The summed E-state index contributed by atoms with van der Waals surface area (Å²) < 4.78 is 0. The number of thiazole rings is 1. The summed E-state index contributed by atoms with van der Waals surface area (Å²) >= 11 is 1.48. The molecule has 1 aliphatic rings. The molecule has 2 unspecified atom stereocenters. The zero-order valence-corrected chi connectivity index (χ0v) is 14.9. The van der Waals surface area contributed by atoms with Crippen molar-refractivity contribution in [2.24, 2.45) is 5.92 Å². The van der Waals surface area contributed by atoms with E-state index in [0.717, 1.165) is 24.1 Å². The van der Waals surface area contributed by atoms with Gasteiger partial charge in [-0.15, -0.1) is 11.3 Å². The fraction of sp³-hybridized carbons (Fsp3) is 0.238. The van der Waals surface area contributed by atoms with Crippen LogP contribution in [0.2, 0.25) is 0 Å². The summed E-state index contributed by atoms with van der Waals surface area (Å²) in [6, 6.07) is 18.7. The van der Waals surface area contributed by atoms with Crippen molar-refractivity contribution in [1.29, 1.82) is 0 Å². The van der Waals surface area contributed by atoms with Crippen LogP contribution in [0.15, 0.2) is 60.0 Å². The van der Waals surface area contributed by atoms with Gasteiger partial charge in [0.2, 0.25) is 5.91 Å². The van der Waals surface area contributed by atoms with Crippen LogP contribution in [-0.2, 0) is 11.2 Å². The van der Waals surface area contributed by atoms with Crippen LogP contribution in [0.5, 0.6) is 0 Å². The van der Waals surface area contributed by atoms with E-state index < -0.39 is 0 Å². The number of hydrogen-bond donors (Lipinski definition) is 1. The molecular formula is C21H20N2OS. The molecule has 2 atom stereocenters. The van der Waals surface area contributed by atoms with Crippen LogP contribution in [-0.4, -0.2) is 10.9 Å². The first-order valence-electron chi connectivity index (χ1n) is 8.65. The number of benzene rings is 2. The standard InChI is InChI=1S/C21H20N2OS/c1-2-14-8-10-16(11-9-14)19-13-25-21(22-19)23-20(24)18-12-17(18)15-6-4-3-5-7-15/h3-11,13,17-18H,2,12H2,1H3,(H,22,23,24). The Morgan fingerprint density at radius 3 is 2.64 bits per heavy atom. The first-order chi connectivity index (χ1) is 12.2. The van der Waals surface area contributed by atoms with E-state index in [1.807, 2.05) is 23.6 Å². The zero-order valence-electron chi connectivity index (χ0n) is 14.1. The van der Waals surface area contributed by atoms with Gasteiger partial charge in [0.25, 0.3) is 0 Å². The number of rotatable bonds is 5. The monoisotopic (exact) mass is 348 g/mol. The molecule has 1 aromatic heterocycles. The van der Waals surface area contributed by atoms with Crippen LogP contribution in [0.1, 0.15) is 30.4 Å². The topological polar surface area (TPSA) is 42.0 Å². The fourth-order valence-corrected chi connectivity index (χ4v) is 3.85. The lowest BCUT2D eigenvalue weighted by molar-refractivity contribution is -0.117. The minimum absolute atomic E-state index is 0.0681. The van der Waals surface area contributed by atoms with Crippen LogP contribution >= 0.6 is 11.3 Å². The van der Waals surface area contributed by atoms with E-state index in [-0.39, 0.29) is 11.8 Å². The number of amides is 1. The highest BCUT2D eigenvalue weighted by molar-refractivity contribution is 7.14. The second kappa shape index (κ2) is 6.81. The minimum Gasteiger partial charge on any atom is -0.302 e. The molecule has 25 heavy (non-hydrogen) atoms. The number of nitrogens with one attached hydrogen (secondary N) is 1. The van der Waals surface area contributed by atoms with E-state index in [9.17, 15) is 4.79 Å². The Morgan fingerprint density at radius 2 is 1.92 bits per heavy atom. The molecule has 4 rings (SSSR count). The van der Waals surface area contributed by atoms with Crippen LogP contribution in [0.3, 0.4) is 0 Å². The van der Waals surface area contributed by atoms with Gasteiger partial charge in [0.1, 0.15) is 0 Å². The van der Waals surface area contributed by atoms with Crippen molar-refractivity contribution in [1.82, 2.24) is 4.98 Å². The lowest BCUT2D eigenvalue weighted by Crippen LogP contribution is -2.14. The van der Waals surface area contributed by atoms with Crippen LogP contribution < -0.4 is 5.32 Å². The maximum atomic E-state index is 12.4. The van der Waals surface area contributed by atoms with Gasteiger partial charge in [0.15, 0.2) is 5.13 Å². The molecule has 1 amide bonds. The van der Waals surface area contributed by atoms with Gasteiger partial charge in [-0.2, -0.15) is 0 Å². The van der Waals surface area contributed by atoms with Crippen molar-refractivity contribution in [3.8, 4) is 11.3 Å². The highest BCUT2D eigenvalue weighted by Crippen LogP contribution is 2.48. The maximum Gasteiger partial charge on any atom is 0.229 e. The lowest BCUT2D eigenvalue weighted by Gasteiger charge is -2.02. The molecule has 4 heteroatoms. The average molecular weight is 348 g/mol. The molecular weight excluding hydrogens is 328 g/mol. The molecule has 0 spiro atoms. The van der Waals surface area contributed by atoms with E-state index in [0.29, 0.717) is 11.0 Å². The van der Waals surface area contributed by atoms with E-state index in [2.05, 4.69) is 53.6 Å². The van der Waals surface area contributed by atoms with Crippen molar-refractivity contribution < 1.29 is 4.79 Å².